The van der Waals surface area contributed by atoms with Gasteiger partial charge in [0.1, 0.15) is 0 Å². The summed E-state index contributed by atoms with van der Waals surface area (Å²) >= 11 is 11.4. The maximum Gasteiger partial charge on any atom is 0.337 e. The summed E-state index contributed by atoms with van der Waals surface area (Å²) in [5.41, 5.74) is 1.61. The number of hydrogen-bond acceptors (Lipinski definition) is 7. The number of H-pyrrole nitrogens is 1. The molecule has 0 unspecified atom stereocenters. The van der Waals surface area contributed by atoms with Crippen LogP contribution < -0.4 is 15.8 Å². The van der Waals surface area contributed by atoms with Crippen LogP contribution in [0.25, 0.3) is 10.9 Å². The average molecular weight is 544 g/mol. The molecule has 0 spiro atoms. The topological polar surface area (TPSA) is 99.7 Å². The fourth-order valence-corrected chi connectivity index (χ4v) is 4.91. The lowest BCUT2D eigenvalue weighted by Gasteiger charge is -2.36. The molecule has 1 aliphatic rings. The van der Waals surface area contributed by atoms with Crippen LogP contribution >= 0.6 is 23.8 Å². The minimum absolute atomic E-state index is 0.131. The van der Waals surface area contributed by atoms with Crippen molar-refractivity contribution in [3.05, 3.63) is 68.2 Å². The van der Waals surface area contributed by atoms with Gasteiger partial charge in [0.15, 0.2) is 4.77 Å². The molecule has 196 valence electrons. The first-order chi connectivity index (χ1) is 17.9. The fraction of sp³-hybridized carbons (Fsp3) is 0.385. The first-order valence-corrected chi connectivity index (χ1v) is 13.0. The largest absolute Gasteiger partial charge is 0.465 e. The zero-order chi connectivity index (χ0) is 26.4. The predicted octanol–water partition coefficient (Wildman–Crippen LogP) is 3.22. The molecule has 11 heteroatoms. The molecule has 37 heavy (non-hydrogen) atoms. The number of aromatic amines is 1. The number of piperazine rings is 1. The number of esters is 1. The number of ether oxygens (including phenoxy) is 1. The zero-order valence-corrected chi connectivity index (χ0v) is 22.2. The maximum absolute atomic E-state index is 12.9. The summed E-state index contributed by atoms with van der Waals surface area (Å²) in [6.07, 6.45) is 0.989. The van der Waals surface area contributed by atoms with Crippen LogP contribution in [0.2, 0.25) is 5.02 Å². The third-order valence-corrected chi connectivity index (χ3v) is 7.04. The van der Waals surface area contributed by atoms with Crippen LogP contribution in [0.3, 0.4) is 0 Å². The van der Waals surface area contributed by atoms with E-state index in [2.05, 4.69) is 26.2 Å². The molecule has 0 atom stereocenters. The van der Waals surface area contributed by atoms with E-state index in [0.717, 1.165) is 49.9 Å². The molecule has 2 N–H and O–H groups in total. The molecular weight excluding hydrogens is 514 g/mol. The van der Waals surface area contributed by atoms with Gasteiger partial charge in [-0.1, -0.05) is 17.7 Å². The normalized spacial score (nSPS) is 14.1. The average Bonchev–Trinajstić information content (AvgIpc) is 2.90. The van der Waals surface area contributed by atoms with Crippen molar-refractivity contribution in [1.82, 2.24) is 19.8 Å². The van der Waals surface area contributed by atoms with E-state index in [0.29, 0.717) is 23.0 Å². The molecule has 1 saturated heterocycles. The van der Waals surface area contributed by atoms with Crippen LogP contribution in [0.5, 0.6) is 0 Å². The number of carbonyl (C=O) groups is 2. The molecule has 9 nitrogen and oxygen atoms in total. The SMILES string of the molecule is COC(=O)c1ccc2c(=O)n(CCC(=O)NCCCN3CCN(c4cccc(Cl)c4)CC3)c(=S)[nH]c2c1. The lowest BCUT2D eigenvalue weighted by molar-refractivity contribution is -0.121. The predicted molar refractivity (Wildman–Crippen MR) is 147 cm³/mol. The number of nitrogens with zero attached hydrogens (tertiary/aromatic N) is 3. The van der Waals surface area contributed by atoms with Crippen LogP contribution in [0, 0.1) is 4.77 Å². The molecule has 0 saturated carbocycles. The van der Waals surface area contributed by atoms with Gasteiger partial charge in [0.2, 0.25) is 5.91 Å². The van der Waals surface area contributed by atoms with Crippen molar-refractivity contribution in [2.24, 2.45) is 0 Å². The number of benzene rings is 2. The highest BCUT2D eigenvalue weighted by atomic mass is 35.5. The van der Waals surface area contributed by atoms with E-state index >= 15 is 0 Å². The summed E-state index contributed by atoms with van der Waals surface area (Å²) in [5.74, 6) is -0.630. The second kappa shape index (κ2) is 12.4. The number of nitrogens with one attached hydrogen (secondary N) is 2. The van der Waals surface area contributed by atoms with E-state index in [1.165, 1.54) is 23.8 Å². The number of methoxy groups -OCH3 is 1. The number of fused-ring (bicyclic) bond motifs is 1. The Kier molecular flexibility index (Phi) is 8.96. The summed E-state index contributed by atoms with van der Waals surface area (Å²) in [6, 6.07) is 12.5. The van der Waals surface area contributed by atoms with Gasteiger partial charge in [-0.15, -0.1) is 0 Å². The Balaban J connectivity index is 1.21. The van der Waals surface area contributed by atoms with Crippen molar-refractivity contribution >= 4 is 52.3 Å². The number of aromatic nitrogens is 2. The molecule has 1 fully saturated rings. The summed E-state index contributed by atoms with van der Waals surface area (Å²) in [7, 11) is 1.29. The van der Waals surface area contributed by atoms with Gasteiger partial charge in [-0.05, 0) is 61.6 Å². The zero-order valence-electron chi connectivity index (χ0n) is 20.7. The van der Waals surface area contributed by atoms with Crippen molar-refractivity contribution < 1.29 is 14.3 Å². The molecule has 1 aromatic heterocycles. The van der Waals surface area contributed by atoms with Gasteiger partial charge in [0.25, 0.3) is 5.56 Å². The van der Waals surface area contributed by atoms with Crippen LogP contribution in [-0.4, -0.2) is 72.7 Å². The van der Waals surface area contributed by atoms with Crippen molar-refractivity contribution in [2.75, 3.05) is 51.3 Å². The first kappa shape index (κ1) is 26.8. The highest BCUT2D eigenvalue weighted by molar-refractivity contribution is 7.71. The van der Waals surface area contributed by atoms with Gasteiger partial charge < -0.3 is 19.9 Å². The highest BCUT2D eigenvalue weighted by Crippen LogP contribution is 2.20. The summed E-state index contributed by atoms with van der Waals surface area (Å²) in [5, 5.41) is 4.07. The third-order valence-electron chi connectivity index (χ3n) is 6.48. The highest BCUT2D eigenvalue weighted by Gasteiger charge is 2.17. The van der Waals surface area contributed by atoms with Crippen LogP contribution in [-0.2, 0) is 16.1 Å². The molecule has 1 aliphatic heterocycles. The monoisotopic (exact) mass is 543 g/mol. The van der Waals surface area contributed by atoms with Crippen molar-refractivity contribution in [3.8, 4) is 0 Å². The lowest BCUT2D eigenvalue weighted by atomic mass is 10.1. The van der Waals surface area contributed by atoms with Gasteiger partial charge in [0.05, 0.1) is 23.6 Å². The van der Waals surface area contributed by atoms with Crippen LogP contribution in [0.15, 0.2) is 47.3 Å². The lowest BCUT2D eigenvalue weighted by Crippen LogP contribution is -2.47. The number of hydrogen-bond donors (Lipinski definition) is 2. The number of amides is 1. The first-order valence-electron chi connectivity index (χ1n) is 12.2. The van der Waals surface area contributed by atoms with Crippen LogP contribution in [0.4, 0.5) is 5.69 Å². The Morgan fingerprint density at radius 3 is 2.62 bits per heavy atom. The van der Waals surface area contributed by atoms with E-state index < -0.39 is 5.97 Å². The molecule has 2 heterocycles. The molecule has 2 aromatic carbocycles. The van der Waals surface area contributed by atoms with Crippen molar-refractivity contribution in [1.29, 1.82) is 0 Å². The molecule has 0 aliphatic carbocycles. The van der Waals surface area contributed by atoms with Crippen molar-refractivity contribution in [3.63, 3.8) is 0 Å². The van der Waals surface area contributed by atoms with Gasteiger partial charge in [-0.2, -0.15) is 0 Å². The van der Waals surface area contributed by atoms with E-state index in [9.17, 15) is 14.4 Å². The summed E-state index contributed by atoms with van der Waals surface area (Å²) in [4.78, 5) is 44.7. The number of halogens is 1. The summed E-state index contributed by atoms with van der Waals surface area (Å²) in [6.45, 7) is 5.46. The van der Waals surface area contributed by atoms with E-state index in [4.69, 9.17) is 28.6 Å². The van der Waals surface area contributed by atoms with E-state index in [1.54, 1.807) is 6.07 Å². The van der Waals surface area contributed by atoms with Gasteiger partial charge in [-0.25, -0.2) is 4.79 Å². The Hall–Kier alpha value is -3.21. The minimum Gasteiger partial charge on any atom is -0.465 e. The van der Waals surface area contributed by atoms with E-state index in [1.807, 2.05) is 18.2 Å². The molecule has 4 rings (SSSR count). The quantitative estimate of drug-likeness (QED) is 0.243. The van der Waals surface area contributed by atoms with Crippen molar-refractivity contribution in [2.45, 2.75) is 19.4 Å². The minimum atomic E-state index is -0.498. The Labute approximate surface area is 225 Å². The van der Waals surface area contributed by atoms with E-state index in [-0.39, 0.29) is 29.2 Å². The van der Waals surface area contributed by atoms with Gasteiger partial charge >= 0.3 is 5.97 Å². The third kappa shape index (κ3) is 6.76. The fourth-order valence-electron chi connectivity index (χ4n) is 4.44. The molecular formula is C26H30ClN5O4S. The number of rotatable bonds is 9. The smallest absolute Gasteiger partial charge is 0.337 e. The summed E-state index contributed by atoms with van der Waals surface area (Å²) < 4.78 is 6.29. The Bertz CT molecular complexity index is 1400. The second-order valence-electron chi connectivity index (χ2n) is 8.90. The molecule has 0 radical (unpaired) electrons. The Morgan fingerprint density at radius 1 is 1.11 bits per heavy atom. The number of anilines is 1. The standard InChI is InChI=1S/C26H30ClN5O4S/c1-36-25(35)18-6-7-21-22(16-18)29-26(37)32(24(21)34)11-8-23(33)28-9-3-10-30-12-14-31(15-13-30)20-5-2-4-19(27)17-20/h2,4-7,16-17H,3,8-15H2,1H3,(H,28,33)(H,29,37). The second-order valence-corrected chi connectivity index (χ2v) is 9.72. The van der Waals surface area contributed by atoms with Gasteiger partial charge in [0, 0.05) is 56.4 Å². The van der Waals surface area contributed by atoms with Gasteiger partial charge in [-0.3, -0.25) is 19.1 Å². The Morgan fingerprint density at radius 2 is 1.89 bits per heavy atom. The molecule has 1 amide bonds. The number of carbonyl (C=O) groups excluding carboxylic acids is 2. The van der Waals surface area contributed by atoms with Crippen LogP contribution in [0.1, 0.15) is 23.2 Å². The maximum atomic E-state index is 12.9. The molecule has 3 aromatic rings. The molecule has 0 bridgehead atoms.